The normalized spacial score (nSPS) is 18.5. The summed E-state index contributed by atoms with van der Waals surface area (Å²) in [6.07, 6.45) is 3.11. The van der Waals surface area contributed by atoms with E-state index in [0.717, 1.165) is 50.1 Å². The molecule has 1 radical (unpaired) electrons. The van der Waals surface area contributed by atoms with Gasteiger partial charge in [-0.3, -0.25) is 0 Å². The van der Waals surface area contributed by atoms with Crippen molar-refractivity contribution in [3.8, 4) is 17.2 Å². The zero-order valence-electron chi connectivity index (χ0n) is 40.4. The molecule has 6 heteroatoms. The molecule has 0 N–H and O–H groups in total. The number of para-hydroxylation sites is 3. The molecule has 1 aliphatic carbocycles. The highest BCUT2D eigenvalue weighted by molar-refractivity contribution is 5.55. The molecule has 0 amide bonds. The van der Waals surface area contributed by atoms with Crippen LogP contribution in [0, 0.1) is 6.42 Å². The largest absolute Gasteiger partial charge is 0.489 e. The average molecular weight is 948 g/mol. The molecule has 72 heavy (non-hydrogen) atoms. The number of hydrogen-bond donors (Lipinski definition) is 0. The van der Waals surface area contributed by atoms with E-state index >= 15 is 0 Å². The lowest BCUT2D eigenvalue weighted by atomic mass is 9.54. The third-order valence-electron chi connectivity index (χ3n) is 13.6. The van der Waals surface area contributed by atoms with Crippen molar-refractivity contribution in [2.45, 2.75) is 69.3 Å². The molecule has 6 nitrogen and oxygen atoms in total. The summed E-state index contributed by atoms with van der Waals surface area (Å²) < 4.78 is 45.5. The Bertz CT molecular complexity index is 2920. The van der Waals surface area contributed by atoms with Crippen molar-refractivity contribution in [2.24, 2.45) is 0 Å². The summed E-state index contributed by atoms with van der Waals surface area (Å²) in [5.74, 6) is 1.94. The Balaban J connectivity index is 1.30. The smallest absolute Gasteiger partial charge is 0.163 e. The van der Waals surface area contributed by atoms with Crippen LogP contribution in [-0.4, -0.2) is 0 Å². The van der Waals surface area contributed by atoms with E-state index in [2.05, 4.69) is 152 Å². The molecule has 0 aliphatic heterocycles. The maximum absolute atomic E-state index is 8.23. The van der Waals surface area contributed by atoms with Gasteiger partial charge in [0.15, 0.2) is 5.60 Å². The number of ether oxygens (including phenoxy) is 6. The quantitative estimate of drug-likeness (QED) is 0.0715. The maximum Gasteiger partial charge on any atom is 0.163 e. The molecule has 0 saturated heterocycles. The average Bonchev–Trinajstić information content (AvgIpc) is 3.46. The number of hydrogen-bond acceptors (Lipinski definition) is 6. The summed E-state index contributed by atoms with van der Waals surface area (Å²) in [5.41, 5.74) is 3.99. The molecule has 0 heterocycles. The summed E-state index contributed by atoms with van der Waals surface area (Å²) in [7, 11) is 0. The lowest BCUT2D eigenvalue weighted by Crippen LogP contribution is -2.67. The summed E-state index contributed by atoms with van der Waals surface area (Å²) in [6, 6.07) is 86.6. The summed E-state index contributed by atoms with van der Waals surface area (Å²) in [4.78, 5) is 0. The monoisotopic (exact) mass is 947 g/mol. The topological polar surface area (TPSA) is 55.4 Å². The molecule has 1 fully saturated rings. The molecule has 0 aromatic heterocycles. The van der Waals surface area contributed by atoms with Gasteiger partial charge in [-0.1, -0.05) is 237 Å². The van der Waals surface area contributed by atoms with Crippen LogP contribution in [0.2, 0.25) is 0 Å². The number of rotatable bonds is 21. The van der Waals surface area contributed by atoms with Crippen LogP contribution < -0.4 is 14.2 Å². The molecule has 9 aromatic carbocycles. The van der Waals surface area contributed by atoms with Gasteiger partial charge < -0.3 is 28.4 Å². The molecule has 0 spiro atoms. The first-order chi connectivity index (χ1) is 35.7. The minimum absolute atomic E-state index is 0.181. The third kappa shape index (κ3) is 10.3. The van der Waals surface area contributed by atoms with Crippen molar-refractivity contribution in [2.75, 3.05) is 0 Å². The molecule has 10 rings (SSSR count). The van der Waals surface area contributed by atoms with E-state index in [1.807, 2.05) is 109 Å². The molecule has 1 aliphatic rings. The van der Waals surface area contributed by atoms with Gasteiger partial charge in [-0.05, 0) is 70.8 Å². The van der Waals surface area contributed by atoms with Gasteiger partial charge in [-0.15, -0.1) is 0 Å². The minimum Gasteiger partial charge on any atom is -0.489 e. The van der Waals surface area contributed by atoms with Crippen LogP contribution in [0.25, 0.3) is 0 Å². The van der Waals surface area contributed by atoms with Crippen LogP contribution in [0.15, 0.2) is 255 Å². The van der Waals surface area contributed by atoms with Gasteiger partial charge in [0.05, 0.1) is 19.8 Å². The molecule has 0 bridgehead atoms. The van der Waals surface area contributed by atoms with Crippen molar-refractivity contribution < 1.29 is 28.4 Å². The Labute approximate surface area is 424 Å². The van der Waals surface area contributed by atoms with Crippen LogP contribution in [0.1, 0.15) is 62.9 Å². The van der Waals surface area contributed by atoms with Gasteiger partial charge in [0.25, 0.3) is 0 Å². The van der Waals surface area contributed by atoms with Gasteiger partial charge in [-0.2, -0.15) is 0 Å². The fourth-order valence-electron chi connectivity index (χ4n) is 10.2. The van der Waals surface area contributed by atoms with Crippen molar-refractivity contribution in [1.82, 2.24) is 0 Å². The molecule has 1 saturated carbocycles. The van der Waals surface area contributed by atoms with E-state index in [0.29, 0.717) is 49.9 Å². The minimum atomic E-state index is -1.61. The summed E-state index contributed by atoms with van der Waals surface area (Å²) in [5, 5.41) is 0. The first kappa shape index (κ1) is 47.9. The van der Waals surface area contributed by atoms with E-state index in [1.54, 1.807) is 0 Å². The molecule has 359 valence electrons. The Hall–Kier alpha value is -7.74. The van der Waals surface area contributed by atoms with Crippen LogP contribution in [0.3, 0.4) is 0 Å². The van der Waals surface area contributed by atoms with E-state index in [1.165, 1.54) is 0 Å². The molecule has 2 unspecified atom stereocenters. The van der Waals surface area contributed by atoms with Gasteiger partial charge in [0, 0.05) is 16.7 Å². The van der Waals surface area contributed by atoms with E-state index in [-0.39, 0.29) is 19.8 Å². The predicted molar refractivity (Wildman–Crippen MR) is 284 cm³/mol. The zero-order valence-corrected chi connectivity index (χ0v) is 40.4. The summed E-state index contributed by atoms with van der Waals surface area (Å²) in [6.45, 7) is 1.61. The van der Waals surface area contributed by atoms with Crippen LogP contribution in [-0.2, 0) is 70.7 Å². The van der Waals surface area contributed by atoms with E-state index < -0.39 is 16.8 Å². The van der Waals surface area contributed by atoms with Gasteiger partial charge in [-0.25, -0.2) is 0 Å². The SMILES string of the molecule is [CH]1CC(OCc2ccccc2)(c2ccccc2OCc2ccccc2)C(OCc2ccccc2)(c2ccccc2OCc2ccccc2)C(OCc2ccccc2)(c2ccccc2OCc2ccccc2)C1. The second-order valence-electron chi connectivity index (χ2n) is 18.2. The van der Waals surface area contributed by atoms with Crippen LogP contribution in [0.4, 0.5) is 0 Å². The Morgan fingerprint density at radius 1 is 0.250 bits per heavy atom. The number of benzene rings is 9. The van der Waals surface area contributed by atoms with Gasteiger partial charge in [0.2, 0.25) is 0 Å². The Kier molecular flexibility index (Phi) is 15.3. The van der Waals surface area contributed by atoms with Gasteiger partial charge in [0.1, 0.15) is 48.3 Å². The maximum atomic E-state index is 8.23. The van der Waals surface area contributed by atoms with Crippen molar-refractivity contribution in [1.29, 1.82) is 0 Å². The fraction of sp³-hybridized carbons (Fsp3) is 0.167. The van der Waals surface area contributed by atoms with Crippen molar-refractivity contribution in [3.63, 3.8) is 0 Å². The lowest BCUT2D eigenvalue weighted by molar-refractivity contribution is -0.336. The van der Waals surface area contributed by atoms with E-state index in [4.69, 9.17) is 28.4 Å². The standard InChI is InChI=1S/C66H59O6/c1-7-26-52(27-8-1)46-67-61-41-22-19-38-58(61)64(70-49-55-32-13-4-14-33-55)44-25-45-65(71-50-56-34-15-5-16-35-56,59-39-20-23-42-62(59)68-47-53-28-9-2-10-29-53)66(64,72-51-57-36-17-6-18-37-57)60-40-21-24-43-63(60)69-48-54-30-11-3-12-31-54/h1-43H,44-51H2. The van der Waals surface area contributed by atoms with Crippen molar-refractivity contribution in [3.05, 3.63) is 311 Å². The highest BCUT2D eigenvalue weighted by Crippen LogP contribution is 2.68. The summed E-state index contributed by atoms with van der Waals surface area (Å²) >= 11 is 0. The van der Waals surface area contributed by atoms with Crippen LogP contribution in [0.5, 0.6) is 17.2 Å². The first-order valence-electron chi connectivity index (χ1n) is 24.8. The van der Waals surface area contributed by atoms with Gasteiger partial charge >= 0.3 is 0 Å². The molecular formula is C66H59O6. The lowest BCUT2D eigenvalue weighted by Gasteiger charge is -2.62. The predicted octanol–water partition coefficient (Wildman–Crippen LogP) is 15.1. The Morgan fingerprint density at radius 2 is 0.500 bits per heavy atom. The highest BCUT2D eigenvalue weighted by atomic mass is 16.6. The first-order valence-corrected chi connectivity index (χ1v) is 24.8. The third-order valence-corrected chi connectivity index (χ3v) is 13.6. The molecule has 2 atom stereocenters. The Morgan fingerprint density at radius 3 is 0.833 bits per heavy atom. The zero-order chi connectivity index (χ0) is 48.7. The van der Waals surface area contributed by atoms with Crippen LogP contribution >= 0.6 is 0 Å². The second kappa shape index (κ2) is 23.0. The molecular weight excluding hydrogens is 889 g/mol. The second-order valence-corrected chi connectivity index (χ2v) is 18.2. The fourth-order valence-corrected chi connectivity index (χ4v) is 10.2. The van der Waals surface area contributed by atoms with E-state index in [9.17, 15) is 0 Å². The molecule has 9 aromatic rings. The van der Waals surface area contributed by atoms with Crippen molar-refractivity contribution >= 4 is 0 Å². The highest BCUT2D eigenvalue weighted by Gasteiger charge is 2.72.